The predicted molar refractivity (Wildman–Crippen MR) is 37.5 cm³/mol. The van der Waals surface area contributed by atoms with Crippen LogP contribution in [-0.2, 0) is 4.79 Å². The van der Waals surface area contributed by atoms with Crippen LogP contribution in [-0.4, -0.2) is 30.4 Å². The fraction of sp³-hybridized carbons (Fsp3) is 0.800. The zero-order chi connectivity index (χ0) is 6.15. The van der Waals surface area contributed by atoms with Gasteiger partial charge in [0.1, 0.15) is 0 Å². The van der Waals surface area contributed by atoms with Crippen molar-refractivity contribution in [3.63, 3.8) is 0 Å². The summed E-state index contributed by atoms with van der Waals surface area (Å²) in [6.07, 6.45) is 0.815. The first-order chi connectivity index (χ1) is 3.72. The van der Waals surface area contributed by atoms with E-state index in [1.54, 1.807) is 11.9 Å². The fourth-order valence-electron chi connectivity index (χ4n) is 0.849. The second-order valence-electron chi connectivity index (χ2n) is 2.15. The van der Waals surface area contributed by atoms with Gasteiger partial charge in [-0.1, -0.05) is 0 Å². The highest BCUT2D eigenvalue weighted by atomic mass is 35.5. The van der Waals surface area contributed by atoms with Crippen molar-refractivity contribution >= 4 is 18.3 Å². The van der Waals surface area contributed by atoms with E-state index in [9.17, 15) is 4.79 Å². The van der Waals surface area contributed by atoms with Crippen LogP contribution in [0.2, 0.25) is 0 Å². The number of amides is 1. The van der Waals surface area contributed by atoms with Gasteiger partial charge in [-0.05, 0) is 6.42 Å². The first kappa shape index (κ1) is 8.72. The van der Waals surface area contributed by atoms with E-state index in [0.29, 0.717) is 0 Å². The molecule has 1 fully saturated rings. The van der Waals surface area contributed by atoms with E-state index in [0.717, 1.165) is 13.0 Å². The minimum atomic E-state index is -0.222. The summed E-state index contributed by atoms with van der Waals surface area (Å²) in [7, 11) is 1.77. The van der Waals surface area contributed by atoms with Crippen LogP contribution in [0.4, 0.5) is 0 Å². The number of carbonyl (C=O) groups excluding carboxylic acids is 1. The molecular weight excluding hydrogens is 140 g/mol. The van der Waals surface area contributed by atoms with Crippen molar-refractivity contribution in [3.8, 4) is 0 Å². The van der Waals surface area contributed by atoms with Crippen molar-refractivity contribution in [3.05, 3.63) is 0 Å². The molecule has 3 nitrogen and oxygen atoms in total. The third-order valence-electron chi connectivity index (χ3n) is 1.47. The summed E-state index contributed by atoms with van der Waals surface area (Å²) in [6, 6.07) is -0.222. The lowest BCUT2D eigenvalue weighted by atomic mass is 10.3. The van der Waals surface area contributed by atoms with Crippen molar-refractivity contribution in [1.29, 1.82) is 0 Å². The number of likely N-dealkylation sites (tertiary alicyclic amines) is 1. The van der Waals surface area contributed by atoms with Crippen LogP contribution in [0, 0.1) is 0 Å². The van der Waals surface area contributed by atoms with E-state index in [1.165, 1.54) is 0 Å². The SMILES string of the molecule is CN1CC[C@H](N)C1=O.Cl. The Morgan fingerprint density at radius 3 is 2.44 bits per heavy atom. The second-order valence-corrected chi connectivity index (χ2v) is 2.15. The molecule has 0 aliphatic carbocycles. The van der Waals surface area contributed by atoms with Gasteiger partial charge in [-0.15, -0.1) is 12.4 Å². The van der Waals surface area contributed by atoms with Gasteiger partial charge in [0.25, 0.3) is 0 Å². The molecule has 1 rings (SSSR count). The number of hydrogen-bond acceptors (Lipinski definition) is 2. The third-order valence-corrected chi connectivity index (χ3v) is 1.47. The Balaban J connectivity index is 0.000000640. The largest absolute Gasteiger partial charge is 0.344 e. The number of halogens is 1. The van der Waals surface area contributed by atoms with Gasteiger partial charge in [0.2, 0.25) is 5.91 Å². The molecule has 4 heteroatoms. The molecule has 0 aromatic heterocycles. The van der Waals surface area contributed by atoms with Crippen molar-refractivity contribution in [1.82, 2.24) is 4.90 Å². The smallest absolute Gasteiger partial charge is 0.239 e. The zero-order valence-corrected chi connectivity index (χ0v) is 6.15. The van der Waals surface area contributed by atoms with E-state index in [1.807, 2.05) is 0 Å². The van der Waals surface area contributed by atoms with Gasteiger partial charge < -0.3 is 10.6 Å². The Hall–Kier alpha value is -0.280. The summed E-state index contributed by atoms with van der Waals surface area (Å²) in [5.41, 5.74) is 5.38. The molecule has 0 aromatic rings. The van der Waals surface area contributed by atoms with E-state index < -0.39 is 0 Å². The number of carbonyl (C=O) groups is 1. The van der Waals surface area contributed by atoms with Crippen LogP contribution in [0.15, 0.2) is 0 Å². The van der Waals surface area contributed by atoms with Crippen LogP contribution in [0.5, 0.6) is 0 Å². The first-order valence-electron chi connectivity index (χ1n) is 2.72. The predicted octanol–water partition coefficient (Wildman–Crippen LogP) is -0.402. The molecule has 1 atom stereocenters. The highest BCUT2D eigenvalue weighted by molar-refractivity contribution is 5.85. The topological polar surface area (TPSA) is 46.3 Å². The molecule has 1 amide bonds. The molecule has 54 valence electrons. The second kappa shape index (κ2) is 3.03. The van der Waals surface area contributed by atoms with Gasteiger partial charge in [0.15, 0.2) is 0 Å². The summed E-state index contributed by atoms with van der Waals surface area (Å²) < 4.78 is 0. The average Bonchev–Trinajstić information content (AvgIpc) is 1.98. The Labute approximate surface area is 60.6 Å². The molecule has 0 radical (unpaired) electrons. The van der Waals surface area contributed by atoms with E-state index in [-0.39, 0.29) is 24.4 Å². The lowest BCUT2D eigenvalue weighted by Gasteiger charge is -2.05. The highest BCUT2D eigenvalue weighted by Gasteiger charge is 2.24. The number of likely N-dealkylation sites (N-methyl/N-ethyl adjacent to an activating group) is 1. The number of rotatable bonds is 0. The molecular formula is C5H11ClN2O. The van der Waals surface area contributed by atoms with Crippen LogP contribution in [0.1, 0.15) is 6.42 Å². The maximum atomic E-state index is 10.7. The van der Waals surface area contributed by atoms with Gasteiger partial charge in [0, 0.05) is 13.6 Å². The number of hydrogen-bond donors (Lipinski definition) is 1. The fourth-order valence-corrected chi connectivity index (χ4v) is 0.849. The molecule has 0 aromatic carbocycles. The van der Waals surface area contributed by atoms with Gasteiger partial charge in [0.05, 0.1) is 6.04 Å². The number of nitrogens with zero attached hydrogens (tertiary/aromatic N) is 1. The Kier molecular flexibility index (Phi) is 2.94. The molecule has 2 N–H and O–H groups in total. The number of nitrogens with two attached hydrogens (primary N) is 1. The van der Waals surface area contributed by atoms with Gasteiger partial charge >= 0.3 is 0 Å². The molecule has 0 unspecified atom stereocenters. The summed E-state index contributed by atoms with van der Waals surface area (Å²) in [5.74, 6) is 0.0741. The van der Waals surface area contributed by atoms with Gasteiger partial charge in [-0.3, -0.25) is 4.79 Å². The molecule has 0 spiro atoms. The normalized spacial score (nSPS) is 26.2. The monoisotopic (exact) mass is 150 g/mol. The minimum Gasteiger partial charge on any atom is -0.344 e. The van der Waals surface area contributed by atoms with Crippen LogP contribution in [0.3, 0.4) is 0 Å². The summed E-state index contributed by atoms with van der Waals surface area (Å²) in [5, 5.41) is 0. The molecule has 9 heavy (non-hydrogen) atoms. The molecule has 0 saturated carbocycles. The van der Waals surface area contributed by atoms with Gasteiger partial charge in [-0.25, -0.2) is 0 Å². The van der Waals surface area contributed by atoms with Gasteiger partial charge in [-0.2, -0.15) is 0 Å². The maximum absolute atomic E-state index is 10.7. The molecule has 1 aliphatic heterocycles. The first-order valence-corrected chi connectivity index (χ1v) is 2.72. The molecule has 1 saturated heterocycles. The Bertz CT molecular complexity index is 106. The Morgan fingerprint density at radius 1 is 1.78 bits per heavy atom. The molecule has 1 heterocycles. The summed E-state index contributed by atoms with van der Waals surface area (Å²) in [6.45, 7) is 0.819. The Morgan fingerprint density at radius 2 is 2.33 bits per heavy atom. The van der Waals surface area contributed by atoms with Crippen LogP contribution >= 0.6 is 12.4 Å². The van der Waals surface area contributed by atoms with Crippen molar-refractivity contribution in [2.45, 2.75) is 12.5 Å². The molecule has 1 aliphatic rings. The summed E-state index contributed by atoms with van der Waals surface area (Å²) >= 11 is 0. The van der Waals surface area contributed by atoms with E-state index in [4.69, 9.17) is 5.73 Å². The van der Waals surface area contributed by atoms with Crippen LogP contribution in [0.25, 0.3) is 0 Å². The minimum absolute atomic E-state index is 0. The summed E-state index contributed by atoms with van der Waals surface area (Å²) in [4.78, 5) is 12.4. The third kappa shape index (κ3) is 1.56. The maximum Gasteiger partial charge on any atom is 0.239 e. The lowest BCUT2D eigenvalue weighted by Crippen LogP contribution is -2.31. The molecule has 0 bridgehead atoms. The quantitative estimate of drug-likeness (QED) is 0.511. The van der Waals surface area contributed by atoms with Crippen molar-refractivity contribution in [2.75, 3.05) is 13.6 Å². The average molecular weight is 151 g/mol. The standard InChI is InChI=1S/C5H10N2O.ClH/c1-7-3-2-4(6)5(7)8;/h4H,2-3,6H2,1H3;1H/t4-;/m0./s1. The highest BCUT2D eigenvalue weighted by Crippen LogP contribution is 2.04. The van der Waals surface area contributed by atoms with E-state index >= 15 is 0 Å². The zero-order valence-electron chi connectivity index (χ0n) is 5.33. The van der Waals surface area contributed by atoms with Crippen molar-refractivity contribution in [2.24, 2.45) is 5.73 Å². The lowest BCUT2D eigenvalue weighted by molar-refractivity contribution is -0.127. The van der Waals surface area contributed by atoms with Crippen LogP contribution < -0.4 is 5.73 Å². The van der Waals surface area contributed by atoms with Crippen molar-refractivity contribution < 1.29 is 4.79 Å². The van der Waals surface area contributed by atoms with E-state index in [2.05, 4.69) is 0 Å².